The van der Waals surface area contributed by atoms with Crippen molar-refractivity contribution in [3.05, 3.63) is 58.5 Å². The number of benzene rings is 1. The molecule has 3 rings (SSSR count). The van der Waals surface area contributed by atoms with Crippen molar-refractivity contribution in [1.29, 1.82) is 0 Å². The normalized spacial score (nSPS) is 12.2. The SMILES string of the molecule is C[C@H](NC(=O)CCC(=O)c1cccs1)c1cc2ccccc2o1. The number of para-hydroxylation sites is 1. The zero-order valence-electron chi connectivity index (χ0n) is 12.7. The second-order valence-corrected chi connectivity index (χ2v) is 6.32. The van der Waals surface area contributed by atoms with Gasteiger partial charge in [0.2, 0.25) is 5.91 Å². The van der Waals surface area contributed by atoms with Gasteiger partial charge in [-0.1, -0.05) is 24.3 Å². The Kier molecular flexibility index (Phi) is 4.57. The maximum absolute atomic E-state index is 12.0. The molecule has 0 saturated heterocycles. The summed E-state index contributed by atoms with van der Waals surface area (Å²) in [4.78, 5) is 24.6. The van der Waals surface area contributed by atoms with Crippen LogP contribution >= 0.6 is 11.3 Å². The van der Waals surface area contributed by atoms with Gasteiger partial charge in [-0.05, 0) is 30.5 Å². The van der Waals surface area contributed by atoms with Gasteiger partial charge in [-0.2, -0.15) is 0 Å². The van der Waals surface area contributed by atoms with E-state index in [0.717, 1.165) is 11.0 Å². The Labute approximate surface area is 138 Å². The third-order valence-electron chi connectivity index (χ3n) is 3.62. The van der Waals surface area contributed by atoms with E-state index in [1.807, 2.05) is 48.7 Å². The van der Waals surface area contributed by atoms with Crippen molar-refractivity contribution in [2.24, 2.45) is 0 Å². The molecule has 1 aromatic carbocycles. The second kappa shape index (κ2) is 6.79. The summed E-state index contributed by atoms with van der Waals surface area (Å²) in [5.74, 6) is 0.568. The van der Waals surface area contributed by atoms with Gasteiger partial charge < -0.3 is 9.73 Å². The van der Waals surface area contributed by atoms with Gasteiger partial charge in [0, 0.05) is 18.2 Å². The molecule has 0 spiro atoms. The van der Waals surface area contributed by atoms with Crippen LogP contribution in [0.5, 0.6) is 0 Å². The molecular weight excluding hydrogens is 310 g/mol. The maximum atomic E-state index is 12.0. The van der Waals surface area contributed by atoms with Gasteiger partial charge in [-0.3, -0.25) is 9.59 Å². The molecule has 0 saturated carbocycles. The Hall–Kier alpha value is -2.40. The smallest absolute Gasteiger partial charge is 0.221 e. The number of rotatable bonds is 6. The summed E-state index contributed by atoms with van der Waals surface area (Å²) in [5.41, 5.74) is 0.802. The number of hydrogen-bond donors (Lipinski definition) is 1. The lowest BCUT2D eigenvalue weighted by Gasteiger charge is -2.10. The van der Waals surface area contributed by atoms with E-state index in [9.17, 15) is 9.59 Å². The highest BCUT2D eigenvalue weighted by Crippen LogP contribution is 2.23. The van der Waals surface area contributed by atoms with E-state index >= 15 is 0 Å². The molecule has 1 N–H and O–H groups in total. The van der Waals surface area contributed by atoms with Gasteiger partial charge >= 0.3 is 0 Å². The number of nitrogens with one attached hydrogen (secondary N) is 1. The molecule has 3 aromatic rings. The fourth-order valence-electron chi connectivity index (χ4n) is 2.39. The zero-order chi connectivity index (χ0) is 16.2. The van der Waals surface area contributed by atoms with Gasteiger partial charge in [-0.25, -0.2) is 0 Å². The molecule has 0 unspecified atom stereocenters. The summed E-state index contributed by atoms with van der Waals surface area (Å²) in [6.45, 7) is 1.87. The van der Waals surface area contributed by atoms with Gasteiger partial charge in [0.05, 0.1) is 10.9 Å². The zero-order valence-corrected chi connectivity index (χ0v) is 13.6. The van der Waals surface area contributed by atoms with Crippen LogP contribution in [0.25, 0.3) is 11.0 Å². The Morgan fingerprint density at radius 2 is 2.00 bits per heavy atom. The summed E-state index contributed by atoms with van der Waals surface area (Å²) < 4.78 is 5.74. The van der Waals surface area contributed by atoms with Crippen LogP contribution < -0.4 is 5.32 Å². The Morgan fingerprint density at radius 3 is 2.74 bits per heavy atom. The molecule has 4 nitrogen and oxygen atoms in total. The molecule has 0 fully saturated rings. The molecule has 2 aromatic heterocycles. The van der Waals surface area contributed by atoms with E-state index in [2.05, 4.69) is 5.32 Å². The van der Waals surface area contributed by atoms with Crippen molar-refractivity contribution in [2.75, 3.05) is 0 Å². The molecule has 1 atom stereocenters. The van der Waals surface area contributed by atoms with Crippen molar-refractivity contribution in [3.8, 4) is 0 Å². The van der Waals surface area contributed by atoms with Crippen molar-refractivity contribution in [3.63, 3.8) is 0 Å². The first-order valence-corrected chi connectivity index (χ1v) is 8.36. The fraction of sp³-hybridized carbons (Fsp3) is 0.222. The van der Waals surface area contributed by atoms with E-state index in [0.29, 0.717) is 10.6 Å². The van der Waals surface area contributed by atoms with Crippen LogP contribution in [-0.4, -0.2) is 11.7 Å². The monoisotopic (exact) mass is 327 g/mol. The van der Waals surface area contributed by atoms with Gasteiger partial charge in [0.15, 0.2) is 5.78 Å². The first kappa shape index (κ1) is 15.5. The Morgan fingerprint density at radius 1 is 1.17 bits per heavy atom. The van der Waals surface area contributed by atoms with Crippen LogP contribution in [0.3, 0.4) is 0 Å². The third kappa shape index (κ3) is 3.68. The molecule has 0 aliphatic rings. The van der Waals surface area contributed by atoms with Crippen LogP contribution in [0.4, 0.5) is 0 Å². The lowest BCUT2D eigenvalue weighted by Crippen LogP contribution is -2.26. The van der Waals surface area contributed by atoms with E-state index < -0.39 is 0 Å². The quantitative estimate of drug-likeness (QED) is 0.685. The lowest BCUT2D eigenvalue weighted by atomic mass is 10.1. The van der Waals surface area contributed by atoms with Crippen LogP contribution in [-0.2, 0) is 4.79 Å². The number of carbonyl (C=O) groups excluding carboxylic acids is 2. The summed E-state index contributed by atoms with van der Waals surface area (Å²) in [5, 5.41) is 5.74. The number of thiophene rings is 1. The topological polar surface area (TPSA) is 59.3 Å². The molecule has 0 aliphatic heterocycles. The minimum Gasteiger partial charge on any atom is -0.459 e. The van der Waals surface area contributed by atoms with Crippen LogP contribution in [0, 0.1) is 0 Å². The summed E-state index contributed by atoms with van der Waals surface area (Å²) >= 11 is 1.40. The number of furan rings is 1. The number of hydrogen-bond acceptors (Lipinski definition) is 4. The number of Topliss-reactive ketones (excluding diaryl/α,β-unsaturated/α-hetero) is 1. The van der Waals surface area contributed by atoms with Crippen LogP contribution in [0.15, 0.2) is 52.3 Å². The first-order valence-electron chi connectivity index (χ1n) is 7.48. The third-order valence-corrected chi connectivity index (χ3v) is 4.53. The highest BCUT2D eigenvalue weighted by Gasteiger charge is 2.15. The van der Waals surface area contributed by atoms with E-state index in [-0.39, 0.29) is 30.6 Å². The van der Waals surface area contributed by atoms with Gasteiger partial charge in [0.25, 0.3) is 0 Å². The number of carbonyl (C=O) groups is 2. The minimum atomic E-state index is -0.230. The maximum Gasteiger partial charge on any atom is 0.221 e. The van der Waals surface area contributed by atoms with Gasteiger partial charge in [0.1, 0.15) is 11.3 Å². The molecule has 5 heteroatoms. The van der Waals surface area contributed by atoms with Gasteiger partial charge in [-0.15, -0.1) is 11.3 Å². The van der Waals surface area contributed by atoms with Crippen molar-refractivity contribution < 1.29 is 14.0 Å². The number of ketones is 1. The van der Waals surface area contributed by atoms with E-state index in [4.69, 9.17) is 4.42 Å². The standard InChI is InChI=1S/C18H17NO3S/c1-12(16-11-13-5-2-3-6-15(13)22-16)19-18(21)9-8-14(20)17-7-4-10-23-17/h2-7,10-12H,8-9H2,1H3,(H,19,21)/t12-/m0/s1. The Balaban J connectivity index is 1.55. The highest BCUT2D eigenvalue weighted by molar-refractivity contribution is 7.12. The predicted molar refractivity (Wildman–Crippen MR) is 90.7 cm³/mol. The van der Waals surface area contributed by atoms with E-state index in [1.54, 1.807) is 6.07 Å². The average Bonchev–Trinajstić information content (AvgIpc) is 3.21. The van der Waals surface area contributed by atoms with Crippen molar-refractivity contribution in [2.45, 2.75) is 25.8 Å². The number of amides is 1. The van der Waals surface area contributed by atoms with Crippen molar-refractivity contribution in [1.82, 2.24) is 5.32 Å². The summed E-state index contributed by atoms with van der Waals surface area (Å²) in [7, 11) is 0. The largest absolute Gasteiger partial charge is 0.459 e. The van der Waals surface area contributed by atoms with Crippen LogP contribution in [0.2, 0.25) is 0 Å². The highest BCUT2D eigenvalue weighted by atomic mass is 32.1. The molecule has 2 heterocycles. The van der Waals surface area contributed by atoms with E-state index in [1.165, 1.54) is 11.3 Å². The lowest BCUT2D eigenvalue weighted by molar-refractivity contribution is -0.121. The first-order chi connectivity index (χ1) is 11.1. The fourth-order valence-corrected chi connectivity index (χ4v) is 3.08. The average molecular weight is 327 g/mol. The minimum absolute atomic E-state index is 0.00606. The molecule has 0 aliphatic carbocycles. The molecule has 0 bridgehead atoms. The Bertz CT molecular complexity index is 787. The molecule has 118 valence electrons. The molecule has 1 amide bonds. The summed E-state index contributed by atoms with van der Waals surface area (Å²) in [6.07, 6.45) is 0.403. The van der Waals surface area contributed by atoms with Crippen molar-refractivity contribution >= 4 is 34.0 Å². The molecular formula is C18H17NO3S. The summed E-state index contributed by atoms with van der Waals surface area (Å²) in [6, 6.07) is 13.0. The van der Waals surface area contributed by atoms with Crippen LogP contribution in [0.1, 0.15) is 41.2 Å². The second-order valence-electron chi connectivity index (χ2n) is 5.38. The number of fused-ring (bicyclic) bond motifs is 1. The molecule has 0 radical (unpaired) electrons. The predicted octanol–water partition coefficient (Wildman–Crippen LogP) is 4.33. The molecule has 23 heavy (non-hydrogen) atoms.